The number of nitrogens with two attached hydrogens (primary N) is 1. The van der Waals surface area contributed by atoms with Gasteiger partial charge >= 0.3 is 0 Å². The first-order valence-electron chi connectivity index (χ1n) is 5.76. The van der Waals surface area contributed by atoms with E-state index in [4.69, 9.17) is 17.3 Å². The van der Waals surface area contributed by atoms with Crippen LogP contribution in [-0.2, 0) is 0 Å². The van der Waals surface area contributed by atoms with Crippen molar-refractivity contribution in [1.29, 1.82) is 0 Å². The van der Waals surface area contributed by atoms with Crippen molar-refractivity contribution in [3.05, 3.63) is 68.1 Å². The van der Waals surface area contributed by atoms with Crippen LogP contribution in [0.25, 0.3) is 0 Å². The summed E-state index contributed by atoms with van der Waals surface area (Å²) in [5.41, 5.74) is 11.0. The molecule has 0 aliphatic rings. The van der Waals surface area contributed by atoms with E-state index in [1.165, 1.54) is 11.1 Å². The first kappa shape index (κ1) is 13.6. The zero-order valence-corrected chi connectivity index (χ0v) is 12.7. The fourth-order valence-electron chi connectivity index (χ4n) is 2.02. The molecule has 2 rings (SSSR count). The van der Waals surface area contributed by atoms with Crippen molar-refractivity contribution in [2.45, 2.75) is 19.9 Å². The lowest BCUT2D eigenvalue weighted by atomic mass is 9.94. The standard InChI is InChI=1S/C15H15BrClN/c1-9-3-4-10(2)13(7-9)15(18)12-6-5-11(17)8-14(12)16/h3-8,15H,18H2,1-2H3. The minimum atomic E-state index is -0.142. The second-order valence-corrected chi connectivity index (χ2v) is 5.79. The van der Waals surface area contributed by atoms with Gasteiger partial charge in [0.05, 0.1) is 6.04 Å². The maximum atomic E-state index is 6.36. The Balaban J connectivity index is 2.47. The lowest BCUT2D eigenvalue weighted by molar-refractivity contribution is 0.854. The predicted octanol–water partition coefficient (Wildman–Crippen LogP) is 4.77. The van der Waals surface area contributed by atoms with Crippen molar-refractivity contribution in [2.75, 3.05) is 0 Å². The van der Waals surface area contributed by atoms with Gasteiger partial charge in [0, 0.05) is 9.50 Å². The minimum Gasteiger partial charge on any atom is -0.320 e. The van der Waals surface area contributed by atoms with Gasteiger partial charge in [0.2, 0.25) is 0 Å². The molecule has 0 fully saturated rings. The summed E-state index contributed by atoms with van der Waals surface area (Å²) in [7, 11) is 0. The summed E-state index contributed by atoms with van der Waals surface area (Å²) in [6, 6.07) is 11.9. The second kappa shape index (κ2) is 5.43. The molecule has 1 unspecified atom stereocenters. The summed E-state index contributed by atoms with van der Waals surface area (Å²) < 4.78 is 0.948. The molecule has 94 valence electrons. The van der Waals surface area contributed by atoms with Crippen LogP contribution < -0.4 is 5.73 Å². The molecule has 0 spiro atoms. The van der Waals surface area contributed by atoms with Crippen molar-refractivity contribution in [3.63, 3.8) is 0 Å². The third-order valence-corrected chi connectivity index (χ3v) is 3.99. The molecule has 18 heavy (non-hydrogen) atoms. The molecule has 0 aliphatic heterocycles. The van der Waals surface area contributed by atoms with Gasteiger partial charge in [-0.15, -0.1) is 0 Å². The van der Waals surface area contributed by atoms with E-state index in [0.717, 1.165) is 15.6 Å². The summed E-state index contributed by atoms with van der Waals surface area (Å²) in [6.45, 7) is 4.16. The van der Waals surface area contributed by atoms with E-state index >= 15 is 0 Å². The van der Waals surface area contributed by atoms with Gasteiger partial charge in [-0.1, -0.05) is 57.4 Å². The summed E-state index contributed by atoms with van der Waals surface area (Å²) in [6.07, 6.45) is 0. The van der Waals surface area contributed by atoms with Crippen LogP contribution in [0.1, 0.15) is 28.3 Å². The highest BCUT2D eigenvalue weighted by Crippen LogP contribution is 2.30. The Morgan fingerprint density at radius 3 is 2.44 bits per heavy atom. The SMILES string of the molecule is Cc1ccc(C)c(C(N)c2ccc(Cl)cc2Br)c1. The molecule has 0 aliphatic carbocycles. The molecule has 0 radical (unpaired) electrons. The Hall–Kier alpha value is -0.830. The van der Waals surface area contributed by atoms with Crippen LogP contribution in [0.4, 0.5) is 0 Å². The van der Waals surface area contributed by atoms with Crippen LogP contribution in [0.2, 0.25) is 5.02 Å². The van der Waals surface area contributed by atoms with Gasteiger partial charge in [-0.05, 0) is 42.7 Å². The van der Waals surface area contributed by atoms with Crippen molar-refractivity contribution in [3.8, 4) is 0 Å². The van der Waals surface area contributed by atoms with Crippen LogP contribution >= 0.6 is 27.5 Å². The molecule has 0 saturated carbocycles. The lowest BCUT2D eigenvalue weighted by Crippen LogP contribution is -2.14. The Morgan fingerprint density at radius 2 is 1.78 bits per heavy atom. The first-order chi connectivity index (χ1) is 8.49. The van der Waals surface area contributed by atoms with Gasteiger partial charge in [-0.3, -0.25) is 0 Å². The Kier molecular flexibility index (Phi) is 4.10. The fourth-order valence-corrected chi connectivity index (χ4v) is 2.95. The fraction of sp³-hybridized carbons (Fsp3) is 0.200. The third-order valence-electron chi connectivity index (χ3n) is 3.07. The number of rotatable bonds is 2. The van der Waals surface area contributed by atoms with Crippen LogP contribution in [0.3, 0.4) is 0 Å². The summed E-state index contributed by atoms with van der Waals surface area (Å²) in [4.78, 5) is 0. The number of hydrogen-bond acceptors (Lipinski definition) is 1. The predicted molar refractivity (Wildman–Crippen MR) is 81.1 cm³/mol. The van der Waals surface area contributed by atoms with Gasteiger partial charge in [0.1, 0.15) is 0 Å². The number of hydrogen-bond donors (Lipinski definition) is 1. The largest absolute Gasteiger partial charge is 0.320 e. The van der Waals surface area contributed by atoms with Gasteiger partial charge < -0.3 is 5.73 Å². The molecule has 0 bridgehead atoms. The molecule has 2 N–H and O–H groups in total. The van der Waals surface area contributed by atoms with Crippen molar-refractivity contribution >= 4 is 27.5 Å². The number of halogens is 2. The van der Waals surface area contributed by atoms with E-state index in [2.05, 4.69) is 48.0 Å². The molecule has 3 heteroatoms. The molecule has 2 aromatic carbocycles. The molecule has 0 heterocycles. The Morgan fingerprint density at radius 1 is 1.06 bits per heavy atom. The molecule has 2 aromatic rings. The highest BCUT2D eigenvalue weighted by molar-refractivity contribution is 9.10. The van der Waals surface area contributed by atoms with Crippen molar-refractivity contribution in [2.24, 2.45) is 5.73 Å². The van der Waals surface area contributed by atoms with Gasteiger partial charge in [0.25, 0.3) is 0 Å². The van der Waals surface area contributed by atoms with E-state index in [-0.39, 0.29) is 6.04 Å². The Labute approximate surface area is 121 Å². The zero-order valence-electron chi connectivity index (χ0n) is 10.4. The highest BCUT2D eigenvalue weighted by Gasteiger charge is 2.14. The van der Waals surface area contributed by atoms with Gasteiger partial charge in [-0.2, -0.15) is 0 Å². The molecule has 1 nitrogen and oxygen atoms in total. The monoisotopic (exact) mass is 323 g/mol. The smallest absolute Gasteiger partial charge is 0.0565 e. The molecular weight excluding hydrogens is 310 g/mol. The van der Waals surface area contributed by atoms with E-state index < -0.39 is 0 Å². The average molecular weight is 325 g/mol. The maximum Gasteiger partial charge on any atom is 0.0565 e. The Bertz CT molecular complexity index is 581. The molecule has 1 atom stereocenters. The summed E-state index contributed by atoms with van der Waals surface area (Å²) in [5, 5.41) is 0.707. The summed E-state index contributed by atoms with van der Waals surface area (Å²) in [5.74, 6) is 0. The second-order valence-electron chi connectivity index (χ2n) is 4.50. The maximum absolute atomic E-state index is 6.36. The van der Waals surface area contributed by atoms with E-state index in [9.17, 15) is 0 Å². The summed E-state index contributed by atoms with van der Waals surface area (Å²) >= 11 is 9.48. The van der Waals surface area contributed by atoms with Gasteiger partial charge in [-0.25, -0.2) is 0 Å². The normalized spacial score (nSPS) is 12.5. The number of aryl methyl sites for hydroxylation is 2. The van der Waals surface area contributed by atoms with Crippen molar-refractivity contribution in [1.82, 2.24) is 0 Å². The highest BCUT2D eigenvalue weighted by atomic mass is 79.9. The van der Waals surface area contributed by atoms with Crippen LogP contribution in [0.5, 0.6) is 0 Å². The molecule has 0 saturated heterocycles. The van der Waals surface area contributed by atoms with Crippen LogP contribution in [0.15, 0.2) is 40.9 Å². The first-order valence-corrected chi connectivity index (χ1v) is 6.94. The molecule has 0 amide bonds. The average Bonchev–Trinajstić information content (AvgIpc) is 2.31. The quantitative estimate of drug-likeness (QED) is 0.846. The third kappa shape index (κ3) is 2.77. The van der Waals surface area contributed by atoms with E-state index in [1.54, 1.807) is 0 Å². The van der Waals surface area contributed by atoms with Crippen LogP contribution in [0, 0.1) is 13.8 Å². The van der Waals surface area contributed by atoms with E-state index in [1.807, 2.05) is 18.2 Å². The lowest BCUT2D eigenvalue weighted by Gasteiger charge is -2.17. The van der Waals surface area contributed by atoms with Crippen molar-refractivity contribution < 1.29 is 0 Å². The van der Waals surface area contributed by atoms with Crippen LogP contribution in [-0.4, -0.2) is 0 Å². The number of benzene rings is 2. The zero-order chi connectivity index (χ0) is 13.3. The van der Waals surface area contributed by atoms with Gasteiger partial charge in [0.15, 0.2) is 0 Å². The minimum absolute atomic E-state index is 0.142. The molecule has 0 aromatic heterocycles. The molecular formula is C15H15BrClN. The topological polar surface area (TPSA) is 26.0 Å². The van der Waals surface area contributed by atoms with E-state index in [0.29, 0.717) is 5.02 Å².